The van der Waals surface area contributed by atoms with E-state index in [1.54, 1.807) is 4.90 Å². The number of amides is 2. The number of rotatable bonds is 5. The fraction of sp³-hybridized carbons (Fsp3) is 0.812. The number of carboxylic acid groups (broad SMARTS) is 1. The van der Waals surface area contributed by atoms with Crippen molar-refractivity contribution in [3.8, 4) is 0 Å². The molecular weight excluding hydrogens is 284 g/mol. The van der Waals surface area contributed by atoms with Gasteiger partial charge < -0.3 is 14.9 Å². The van der Waals surface area contributed by atoms with Crippen molar-refractivity contribution in [2.45, 2.75) is 51.4 Å². The fourth-order valence-corrected chi connectivity index (χ4v) is 3.38. The topological polar surface area (TPSA) is 77.9 Å². The van der Waals surface area contributed by atoms with Crippen LogP contribution in [0.15, 0.2) is 0 Å². The minimum absolute atomic E-state index is 0.0470. The minimum atomic E-state index is -0.948. The van der Waals surface area contributed by atoms with Crippen LogP contribution < -0.4 is 0 Å². The molecule has 124 valence electrons. The van der Waals surface area contributed by atoms with Crippen LogP contribution in [0.1, 0.15) is 51.4 Å². The first-order chi connectivity index (χ1) is 10.6. The van der Waals surface area contributed by atoms with Gasteiger partial charge in [-0.2, -0.15) is 0 Å². The molecule has 0 radical (unpaired) electrons. The van der Waals surface area contributed by atoms with Gasteiger partial charge >= 0.3 is 5.97 Å². The third-order valence-electron chi connectivity index (χ3n) is 4.69. The first kappa shape index (κ1) is 16.8. The van der Waals surface area contributed by atoms with Crippen molar-refractivity contribution in [3.63, 3.8) is 0 Å². The number of carbonyl (C=O) groups is 3. The number of hydrogen-bond acceptors (Lipinski definition) is 3. The second kappa shape index (κ2) is 8.15. The van der Waals surface area contributed by atoms with Crippen LogP contribution in [0.25, 0.3) is 0 Å². The van der Waals surface area contributed by atoms with E-state index in [9.17, 15) is 14.4 Å². The summed E-state index contributed by atoms with van der Waals surface area (Å²) >= 11 is 0. The van der Waals surface area contributed by atoms with Crippen molar-refractivity contribution < 1.29 is 19.5 Å². The molecule has 0 aromatic carbocycles. The van der Waals surface area contributed by atoms with Crippen molar-refractivity contribution in [3.05, 3.63) is 0 Å². The first-order valence-electron chi connectivity index (χ1n) is 8.33. The van der Waals surface area contributed by atoms with E-state index < -0.39 is 5.97 Å². The molecule has 0 atom stereocenters. The summed E-state index contributed by atoms with van der Waals surface area (Å²) in [5.74, 6) is -0.306. The van der Waals surface area contributed by atoms with Gasteiger partial charge in [0.25, 0.3) is 0 Å². The molecule has 1 heterocycles. The Kier molecular flexibility index (Phi) is 6.21. The van der Waals surface area contributed by atoms with Crippen LogP contribution in [-0.4, -0.2) is 58.9 Å². The molecule has 1 aliphatic heterocycles. The number of carboxylic acids is 1. The molecule has 6 heteroatoms. The molecule has 2 aliphatic rings. The number of aliphatic carboxylic acids is 1. The first-order valence-corrected chi connectivity index (χ1v) is 8.33. The highest BCUT2D eigenvalue weighted by molar-refractivity contribution is 5.81. The van der Waals surface area contributed by atoms with E-state index in [0.717, 1.165) is 6.42 Å². The number of nitrogens with zero attached hydrogens (tertiary/aromatic N) is 2. The molecule has 1 saturated heterocycles. The normalized spacial score (nSPS) is 20.0. The van der Waals surface area contributed by atoms with Gasteiger partial charge in [0.2, 0.25) is 11.8 Å². The van der Waals surface area contributed by atoms with Gasteiger partial charge in [-0.1, -0.05) is 12.8 Å². The molecule has 0 aromatic heterocycles. The fourth-order valence-electron chi connectivity index (χ4n) is 3.38. The summed E-state index contributed by atoms with van der Waals surface area (Å²) in [6.07, 6.45) is 6.15. The lowest BCUT2D eigenvalue weighted by molar-refractivity contribution is -0.140. The summed E-state index contributed by atoms with van der Waals surface area (Å²) in [7, 11) is 0. The van der Waals surface area contributed by atoms with Crippen LogP contribution in [0.3, 0.4) is 0 Å². The van der Waals surface area contributed by atoms with E-state index >= 15 is 0 Å². The van der Waals surface area contributed by atoms with E-state index in [-0.39, 0.29) is 24.7 Å². The van der Waals surface area contributed by atoms with Crippen molar-refractivity contribution in [1.29, 1.82) is 0 Å². The zero-order chi connectivity index (χ0) is 15.9. The van der Waals surface area contributed by atoms with Crippen LogP contribution in [-0.2, 0) is 14.4 Å². The molecule has 2 rings (SSSR count). The van der Waals surface area contributed by atoms with Gasteiger partial charge in [-0.3, -0.25) is 14.4 Å². The maximum Gasteiger partial charge on any atom is 0.303 e. The highest BCUT2D eigenvalue weighted by Gasteiger charge is 2.25. The third-order valence-corrected chi connectivity index (χ3v) is 4.69. The average Bonchev–Trinajstić information content (AvgIpc) is 2.86. The Morgan fingerprint density at radius 1 is 0.818 bits per heavy atom. The third kappa shape index (κ3) is 5.00. The van der Waals surface area contributed by atoms with Crippen LogP contribution in [0.2, 0.25) is 0 Å². The summed E-state index contributed by atoms with van der Waals surface area (Å²) in [6, 6.07) is 0. The molecule has 6 nitrogen and oxygen atoms in total. The molecular formula is C16H26N2O4. The number of carbonyl (C=O) groups excluding carboxylic acids is 2. The Hall–Kier alpha value is -1.59. The molecule has 22 heavy (non-hydrogen) atoms. The SMILES string of the molecule is O=C(O)CCC(=O)N1CCCN(C(=O)CC2CCCC2)CC1. The van der Waals surface area contributed by atoms with Gasteiger partial charge in [0.15, 0.2) is 0 Å². The predicted octanol–water partition coefficient (Wildman–Crippen LogP) is 1.49. The summed E-state index contributed by atoms with van der Waals surface area (Å²) < 4.78 is 0. The minimum Gasteiger partial charge on any atom is -0.481 e. The summed E-state index contributed by atoms with van der Waals surface area (Å²) in [4.78, 5) is 38.4. The lowest BCUT2D eigenvalue weighted by Gasteiger charge is -2.23. The smallest absolute Gasteiger partial charge is 0.303 e. The Balaban J connectivity index is 1.77. The molecule has 0 spiro atoms. The maximum atomic E-state index is 12.3. The zero-order valence-corrected chi connectivity index (χ0v) is 13.1. The molecule has 0 aromatic rings. The molecule has 0 unspecified atom stereocenters. The van der Waals surface area contributed by atoms with E-state index in [0.29, 0.717) is 38.5 Å². The van der Waals surface area contributed by atoms with Crippen LogP contribution in [0.5, 0.6) is 0 Å². The van der Waals surface area contributed by atoms with Crippen LogP contribution in [0, 0.1) is 5.92 Å². The molecule has 0 bridgehead atoms. The van der Waals surface area contributed by atoms with Crippen LogP contribution >= 0.6 is 0 Å². The van der Waals surface area contributed by atoms with Gasteiger partial charge in [0.1, 0.15) is 0 Å². The molecule has 2 amide bonds. The average molecular weight is 310 g/mol. The van der Waals surface area contributed by atoms with Crippen molar-refractivity contribution >= 4 is 17.8 Å². The van der Waals surface area contributed by atoms with E-state index in [1.807, 2.05) is 4.90 Å². The van der Waals surface area contributed by atoms with Gasteiger partial charge in [-0.15, -0.1) is 0 Å². The Bertz CT molecular complexity index is 418. The van der Waals surface area contributed by atoms with Gasteiger partial charge in [0, 0.05) is 39.0 Å². The predicted molar refractivity (Wildman–Crippen MR) is 81.2 cm³/mol. The van der Waals surface area contributed by atoms with Gasteiger partial charge in [-0.25, -0.2) is 0 Å². The summed E-state index contributed by atoms with van der Waals surface area (Å²) in [5.41, 5.74) is 0. The molecule has 2 fully saturated rings. The molecule has 1 N–H and O–H groups in total. The second-order valence-corrected chi connectivity index (χ2v) is 6.36. The van der Waals surface area contributed by atoms with Gasteiger partial charge in [-0.05, 0) is 25.2 Å². The van der Waals surface area contributed by atoms with Crippen molar-refractivity contribution in [2.75, 3.05) is 26.2 Å². The number of hydrogen-bond donors (Lipinski definition) is 1. The molecule has 1 aliphatic carbocycles. The second-order valence-electron chi connectivity index (χ2n) is 6.36. The maximum absolute atomic E-state index is 12.3. The Morgan fingerprint density at radius 3 is 2.00 bits per heavy atom. The zero-order valence-electron chi connectivity index (χ0n) is 13.1. The van der Waals surface area contributed by atoms with Gasteiger partial charge in [0.05, 0.1) is 6.42 Å². The van der Waals surface area contributed by atoms with Crippen molar-refractivity contribution in [1.82, 2.24) is 9.80 Å². The summed E-state index contributed by atoms with van der Waals surface area (Å²) in [5, 5.41) is 8.64. The lowest BCUT2D eigenvalue weighted by atomic mass is 10.0. The lowest BCUT2D eigenvalue weighted by Crippen LogP contribution is -2.37. The Morgan fingerprint density at radius 2 is 1.41 bits per heavy atom. The highest BCUT2D eigenvalue weighted by Crippen LogP contribution is 2.28. The largest absolute Gasteiger partial charge is 0.481 e. The van der Waals surface area contributed by atoms with E-state index in [4.69, 9.17) is 5.11 Å². The Labute approximate surface area is 131 Å². The van der Waals surface area contributed by atoms with Crippen molar-refractivity contribution in [2.24, 2.45) is 5.92 Å². The van der Waals surface area contributed by atoms with E-state index in [2.05, 4.69) is 0 Å². The monoisotopic (exact) mass is 310 g/mol. The van der Waals surface area contributed by atoms with Crippen LogP contribution in [0.4, 0.5) is 0 Å². The highest BCUT2D eigenvalue weighted by atomic mass is 16.4. The summed E-state index contributed by atoms with van der Waals surface area (Å²) in [6.45, 7) is 2.42. The standard InChI is InChI=1S/C16H26N2O4/c19-14(6-7-16(21)22)17-8-3-9-18(11-10-17)15(20)12-13-4-1-2-5-13/h13H,1-12H2,(H,21,22). The van der Waals surface area contributed by atoms with E-state index in [1.165, 1.54) is 25.7 Å². The molecule has 1 saturated carbocycles. The quantitative estimate of drug-likeness (QED) is 0.834.